The van der Waals surface area contributed by atoms with Gasteiger partial charge in [0.15, 0.2) is 0 Å². The molecule has 0 aliphatic heterocycles. The third kappa shape index (κ3) is 3.76. The summed E-state index contributed by atoms with van der Waals surface area (Å²) >= 11 is 0. The van der Waals surface area contributed by atoms with Crippen LogP contribution in [0.4, 0.5) is 0 Å². The van der Waals surface area contributed by atoms with Gasteiger partial charge in [0.2, 0.25) is 5.88 Å². The summed E-state index contributed by atoms with van der Waals surface area (Å²) in [6, 6.07) is 20.7. The number of rotatable bonds is 5. The molecule has 0 fully saturated rings. The molecule has 0 atom stereocenters. The molecule has 0 saturated carbocycles. The van der Waals surface area contributed by atoms with Gasteiger partial charge >= 0.3 is 0 Å². The molecule has 0 bridgehead atoms. The maximum absolute atomic E-state index is 12.3. The number of nitrogens with one attached hydrogen (secondary N) is 1. The number of amides is 1. The molecule has 5 nitrogen and oxygen atoms in total. The van der Waals surface area contributed by atoms with Crippen LogP contribution in [-0.2, 0) is 6.54 Å². The zero-order valence-electron chi connectivity index (χ0n) is 13.3. The second kappa shape index (κ2) is 7.37. The Morgan fingerprint density at radius 1 is 1.00 bits per heavy atom. The first-order chi connectivity index (χ1) is 11.8. The zero-order valence-corrected chi connectivity index (χ0v) is 13.3. The van der Waals surface area contributed by atoms with Crippen LogP contribution in [0.5, 0.6) is 5.88 Å². The van der Waals surface area contributed by atoms with Gasteiger partial charge in [0.1, 0.15) is 0 Å². The van der Waals surface area contributed by atoms with Crippen LogP contribution < -0.4 is 10.1 Å². The summed E-state index contributed by atoms with van der Waals surface area (Å²) in [5.41, 5.74) is 3.16. The number of hydrogen-bond donors (Lipinski definition) is 1. The maximum Gasteiger partial charge on any atom is 0.251 e. The van der Waals surface area contributed by atoms with Gasteiger partial charge in [-0.1, -0.05) is 42.5 Å². The lowest BCUT2D eigenvalue weighted by Gasteiger charge is -2.07. The van der Waals surface area contributed by atoms with Crippen LogP contribution in [0.2, 0.25) is 0 Å². The molecule has 1 aromatic heterocycles. The number of carbonyl (C=O) groups excluding carboxylic acids is 1. The Kier molecular flexibility index (Phi) is 4.81. The lowest BCUT2D eigenvalue weighted by atomic mass is 10.1. The van der Waals surface area contributed by atoms with Gasteiger partial charge in [0.05, 0.1) is 12.8 Å². The maximum atomic E-state index is 12.3. The van der Waals surface area contributed by atoms with E-state index in [4.69, 9.17) is 4.74 Å². The standard InChI is InChI=1S/C19H17N3O2/c1-24-18-11-10-17(21-22-18)15-8-5-9-16(12-15)19(23)20-13-14-6-3-2-4-7-14/h2-12H,13H2,1H3,(H,20,23). The molecule has 5 heteroatoms. The van der Waals surface area contributed by atoms with E-state index >= 15 is 0 Å². The van der Waals surface area contributed by atoms with Crippen molar-refractivity contribution in [3.05, 3.63) is 77.9 Å². The quantitative estimate of drug-likeness (QED) is 0.785. The van der Waals surface area contributed by atoms with Gasteiger partial charge in [-0.15, -0.1) is 10.2 Å². The van der Waals surface area contributed by atoms with Gasteiger partial charge in [0, 0.05) is 23.7 Å². The Morgan fingerprint density at radius 3 is 2.54 bits per heavy atom. The van der Waals surface area contributed by atoms with Crippen LogP contribution >= 0.6 is 0 Å². The van der Waals surface area contributed by atoms with Crippen molar-refractivity contribution in [2.45, 2.75) is 6.54 Å². The number of nitrogens with zero attached hydrogens (tertiary/aromatic N) is 2. The number of ether oxygens (including phenoxy) is 1. The van der Waals surface area contributed by atoms with E-state index in [1.165, 1.54) is 0 Å². The average Bonchev–Trinajstić information content (AvgIpc) is 2.67. The van der Waals surface area contributed by atoms with Crippen molar-refractivity contribution in [3.8, 4) is 17.1 Å². The highest BCUT2D eigenvalue weighted by Crippen LogP contribution is 2.19. The van der Waals surface area contributed by atoms with Crippen LogP contribution in [0.25, 0.3) is 11.3 Å². The summed E-state index contributed by atoms with van der Waals surface area (Å²) < 4.78 is 5.00. The van der Waals surface area contributed by atoms with Gasteiger partial charge in [0.25, 0.3) is 5.91 Å². The molecule has 1 heterocycles. The van der Waals surface area contributed by atoms with Gasteiger partial charge in [-0.05, 0) is 23.8 Å². The first-order valence-corrected chi connectivity index (χ1v) is 7.56. The molecular weight excluding hydrogens is 302 g/mol. The molecule has 0 aliphatic carbocycles. The summed E-state index contributed by atoms with van der Waals surface area (Å²) in [4.78, 5) is 12.3. The van der Waals surface area contributed by atoms with E-state index in [1.54, 1.807) is 25.3 Å². The summed E-state index contributed by atoms with van der Waals surface area (Å²) in [6.45, 7) is 0.492. The highest BCUT2D eigenvalue weighted by Gasteiger charge is 2.08. The lowest BCUT2D eigenvalue weighted by Crippen LogP contribution is -2.22. The van der Waals surface area contributed by atoms with Crippen LogP contribution in [0, 0.1) is 0 Å². The van der Waals surface area contributed by atoms with E-state index < -0.39 is 0 Å². The fourth-order valence-electron chi connectivity index (χ4n) is 2.28. The molecule has 0 aliphatic rings. The van der Waals surface area contributed by atoms with Crippen molar-refractivity contribution in [1.29, 1.82) is 0 Å². The normalized spacial score (nSPS) is 10.2. The molecule has 120 valence electrons. The van der Waals surface area contributed by atoms with E-state index in [-0.39, 0.29) is 5.91 Å². The SMILES string of the molecule is COc1ccc(-c2cccc(C(=O)NCc3ccccc3)c2)nn1. The number of aromatic nitrogens is 2. The first-order valence-electron chi connectivity index (χ1n) is 7.56. The molecule has 0 radical (unpaired) electrons. The molecule has 0 unspecified atom stereocenters. The van der Waals surface area contributed by atoms with Gasteiger partial charge < -0.3 is 10.1 Å². The van der Waals surface area contributed by atoms with Crippen molar-refractivity contribution >= 4 is 5.91 Å². The van der Waals surface area contributed by atoms with E-state index in [1.807, 2.05) is 48.5 Å². The van der Waals surface area contributed by atoms with E-state index in [0.29, 0.717) is 23.7 Å². The van der Waals surface area contributed by atoms with Crippen molar-refractivity contribution in [3.63, 3.8) is 0 Å². The van der Waals surface area contributed by atoms with Crippen molar-refractivity contribution in [1.82, 2.24) is 15.5 Å². The highest BCUT2D eigenvalue weighted by atomic mass is 16.5. The van der Waals surface area contributed by atoms with Crippen LogP contribution in [-0.4, -0.2) is 23.2 Å². The number of hydrogen-bond acceptors (Lipinski definition) is 4. The number of benzene rings is 2. The van der Waals surface area contributed by atoms with E-state index in [9.17, 15) is 4.79 Å². The van der Waals surface area contributed by atoms with E-state index in [0.717, 1.165) is 11.1 Å². The monoisotopic (exact) mass is 319 g/mol. The molecular formula is C19H17N3O2. The fourth-order valence-corrected chi connectivity index (χ4v) is 2.28. The summed E-state index contributed by atoms with van der Waals surface area (Å²) in [5, 5.41) is 11.0. The second-order valence-electron chi connectivity index (χ2n) is 5.21. The summed E-state index contributed by atoms with van der Waals surface area (Å²) in [5.74, 6) is 0.331. The van der Waals surface area contributed by atoms with Crippen LogP contribution in [0.3, 0.4) is 0 Å². The summed E-state index contributed by atoms with van der Waals surface area (Å²) in [7, 11) is 1.54. The zero-order chi connectivity index (χ0) is 16.8. The smallest absolute Gasteiger partial charge is 0.251 e. The Morgan fingerprint density at radius 2 is 1.83 bits per heavy atom. The fraction of sp³-hybridized carbons (Fsp3) is 0.105. The molecule has 24 heavy (non-hydrogen) atoms. The van der Waals surface area contributed by atoms with Crippen LogP contribution in [0.1, 0.15) is 15.9 Å². The molecule has 1 amide bonds. The van der Waals surface area contributed by atoms with Gasteiger partial charge in [-0.25, -0.2) is 0 Å². The van der Waals surface area contributed by atoms with Gasteiger partial charge in [-0.3, -0.25) is 4.79 Å². The molecule has 3 aromatic rings. The number of carbonyl (C=O) groups is 1. The summed E-state index contributed by atoms with van der Waals surface area (Å²) in [6.07, 6.45) is 0. The lowest BCUT2D eigenvalue weighted by molar-refractivity contribution is 0.0951. The Balaban J connectivity index is 1.73. The van der Waals surface area contributed by atoms with Crippen molar-refractivity contribution in [2.24, 2.45) is 0 Å². The minimum Gasteiger partial charge on any atom is -0.480 e. The van der Waals surface area contributed by atoms with Crippen molar-refractivity contribution < 1.29 is 9.53 Å². The molecule has 0 saturated heterocycles. The predicted octanol–water partition coefficient (Wildman–Crippen LogP) is 3.08. The molecule has 0 spiro atoms. The third-order valence-corrected chi connectivity index (χ3v) is 3.57. The van der Waals surface area contributed by atoms with Gasteiger partial charge in [-0.2, -0.15) is 0 Å². The largest absolute Gasteiger partial charge is 0.480 e. The topological polar surface area (TPSA) is 64.1 Å². The van der Waals surface area contributed by atoms with Crippen LogP contribution in [0.15, 0.2) is 66.7 Å². The molecule has 3 rings (SSSR count). The van der Waals surface area contributed by atoms with E-state index in [2.05, 4.69) is 15.5 Å². The predicted molar refractivity (Wildman–Crippen MR) is 91.6 cm³/mol. The minimum absolute atomic E-state index is 0.123. The molecule has 1 N–H and O–H groups in total. The number of methoxy groups -OCH3 is 1. The Bertz CT molecular complexity index is 818. The van der Waals surface area contributed by atoms with Crippen molar-refractivity contribution in [2.75, 3.05) is 7.11 Å². The Labute approximate surface area is 140 Å². The highest BCUT2D eigenvalue weighted by molar-refractivity contribution is 5.95. The third-order valence-electron chi connectivity index (χ3n) is 3.57. The second-order valence-corrected chi connectivity index (χ2v) is 5.21. The first kappa shape index (κ1) is 15.7. The average molecular weight is 319 g/mol. The Hall–Kier alpha value is -3.21. The molecule has 2 aromatic carbocycles. The minimum atomic E-state index is -0.123.